The summed E-state index contributed by atoms with van der Waals surface area (Å²) in [6.07, 6.45) is 2.68. The van der Waals surface area contributed by atoms with E-state index in [2.05, 4.69) is 4.72 Å². The maximum Gasteiger partial charge on any atom is 0.264 e. The fourth-order valence-electron chi connectivity index (χ4n) is 2.31. The first-order valence-electron chi connectivity index (χ1n) is 7.41. The molecular formula is C15H21NO5S. The van der Waals surface area contributed by atoms with Gasteiger partial charge in [0, 0.05) is 13.0 Å². The van der Waals surface area contributed by atoms with E-state index in [1.807, 2.05) is 6.92 Å². The van der Waals surface area contributed by atoms with Crippen LogP contribution in [0.5, 0.6) is 5.75 Å². The summed E-state index contributed by atoms with van der Waals surface area (Å²) in [5.41, 5.74) is 0. The number of benzene rings is 1. The highest BCUT2D eigenvalue weighted by atomic mass is 32.2. The first-order valence-corrected chi connectivity index (χ1v) is 8.89. The van der Waals surface area contributed by atoms with Crippen molar-refractivity contribution in [2.24, 2.45) is 0 Å². The molecule has 1 aromatic rings. The SMILES string of the molecule is CCOc1ccc(S(=O)(=O)NC(=O)CC[C@H]2CCCO2)cc1. The number of ether oxygens (including phenoxy) is 2. The molecule has 0 bridgehead atoms. The summed E-state index contributed by atoms with van der Waals surface area (Å²) in [6.45, 7) is 3.07. The van der Waals surface area contributed by atoms with E-state index in [4.69, 9.17) is 9.47 Å². The van der Waals surface area contributed by atoms with Crippen molar-refractivity contribution < 1.29 is 22.7 Å². The van der Waals surface area contributed by atoms with Crippen LogP contribution < -0.4 is 9.46 Å². The molecule has 2 rings (SSSR count). The van der Waals surface area contributed by atoms with Crippen LogP contribution in [0.25, 0.3) is 0 Å². The maximum absolute atomic E-state index is 12.1. The lowest BCUT2D eigenvalue weighted by atomic mass is 10.1. The highest BCUT2D eigenvalue weighted by Gasteiger charge is 2.20. The number of hydrogen-bond donors (Lipinski definition) is 1. The minimum atomic E-state index is -3.83. The van der Waals surface area contributed by atoms with Crippen molar-refractivity contribution in [1.82, 2.24) is 4.72 Å². The Kier molecular flexibility index (Phi) is 5.79. The molecule has 122 valence electrons. The number of rotatable bonds is 7. The molecule has 0 aromatic heterocycles. The average molecular weight is 327 g/mol. The van der Waals surface area contributed by atoms with Crippen molar-refractivity contribution >= 4 is 15.9 Å². The van der Waals surface area contributed by atoms with Crippen LogP contribution in [0.3, 0.4) is 0 Å². The Labute approximate surface area is 130 Å². The molecule has 0 spiro atoms. The molecular weight excluding hydrogens is 306 g/mol. The van der Waals surface area contributed by atoms with Crippen LogP contribution in [0.4, 0.5) is 0 Å². The Morgan fingerprint density at radius 3 is 2.68 bits per heavy atom. The van der Waals surface area contributed by atoms with Gasteiger partial charge in [-0.25, -0.2) is 13.1 Å². The second-order valence-corrected chi connectivity index (χ2v) is 6.79. The van der Waals surface area contributed by atoms with Crippen LogP contribution in [0.1, 0.15) is 32.6 Å². The molecule has 1 amide bonds. The molecule has 1 atom stereocenters. The lowest BCUT2D eigenvalue weighted by Crippen LogP contribution is -2.31. The third-order valence-electron chi connectivity index (χ3n) is 3.41. The largest absolute Gasteiger partial charge is 0.494 e. The van der Waals surface area contributed by atoms with E-state index >= 15 is 0 Å². The second kappa shape index (κ2) is 7.60. The highest BCUT2D eigenvalue weighted by molar-refractivity contribution is 7.90. The van der Waals surface area contributed by atoms with E-state index in [1.54, 1.807) is 12.1 Å². The zero-order valence-electron chi connectivity index (χ0n) is 12.6. The number of hydrogen-bond acceptors (Lipinski definition) is 5. The van der Waals surface area contributed by atoms with Crippen molar-refractivity contribution in [3.8, 4) is 5.75 Å². The molecule has 1 N–H and O–H groups in total. The molecule has 1 heterocycles. The minimum Gasteiger partial charge on any atom is -0.494 e. The normalized spacial score (nSPS) is 18.1. The molecule has 0 radical (unpaired) electrons. The van der Waals surface area contributed by atoms with Crippen LogP contribution in [-0.2, 0) is 19.6 Å². The smallest absolute Gasteiger partial charge is 0.264 e. The van der Waals surface area contributed by atoms with Crippen LogP contribution in [0.15, 0.2) is 29.2 Å². The van der Waals surface area contributed by atoms with Crippen molar-refractivity contribution in [3.63, 3.8) is 0 Å². The molecule has 0 saturated carbocycles. The highest BCUT2D eigenvalue weighted by Crippen LogP contribution is 2.18. The molecule has 1 saturated heterocycles. The lowest BCUT2D eigenvalue weighted by Gasteiger charge is -2.10. The quantitative estimate of drug-likeness (QED) is 0.826. The monoisotopic (exact) mass is 327 g/mol. The van der Waals surface area contributed by atoms with E-state index < -0.39 is 15.9 Å². The molecule has 0 aliphatic carbocycles. The summed E-state index contributed by atoms with van der Waals surface area (Å²) in [4.78, 5) is 11.8. The van der Waals surface area contributed by atoms with E-state index in [-0.39, 0.29) is 17.4 Å². The van der Waals surface area contributed by atoms with Crippen LogP contribution >= 0.6 is 0 Å². The van der Waals surface area contributed by atoms with E-state index in [0.29, 0.717) is 18.8 Å². The predicted octanol–water partition coefficient (Wildman–Crippen LogP) is 1.85. The zero-order valence-corrected chi connectivity index (χ0v) is 13.4. The molecule has 0 unspecified atom stereocenters. The van der Waals surface area contributed by atoms with Crippen molar-refractivity contribution in [1.29, 1.82) is 0 Å². The van der Waals surface area contributed by atoms with Crippen molar-refractivity contribution in [3.05, 3.63) is 24.3 Å². The van der Waals surface area contributed by atoms with Crippen LogP contribution in [-0.4, -0.2) is 33.6 Å². The number of nitrogens with one attached hydrogen (secondary N) is 1. The summed E-state index contributed by atoms with van der Waals surface area (Å²) in [7, 11) is -3.83. The summed E-state index contributed by atoms with van der Waals surface area (Å²) in [5, 5.41) is 0. The fraction of sp³-hybridized carbons (Fsp3) is 0.533. The van der Waals surface area contributed by atoms with Gasteiger partial charge in [0.05, 0.1) is 17.6 Å². The predicted molar refractivity (Wildman–Crippen MR) is 81.1 cm³/mol. The average Bonchev–Trinajstić information content (AvgIpc) is 2.99. The molecule has 1 aliphatic rings. The fourth-order valence-corrected chi connectivity index (χ4v) is 3.32. The van der Waals surface area contributed by atoms with Crippen LogP contribution in [0.2, 0.25) is 0 Å². The Bertz CT molecular complexity index is 591. The van der Waals surface area contributed by atoms with E-state index in [0.717, 1.165) is 19.4 Å². The summed E-state index contributed by atoms with van der Waals surface area (Å²) in [5.74, 6) is 0.0792. The lowest BCUT2D eigenvalue weighted by molar-refractivity contribution is -0.119. The van der Waals surface area contributed by atoms with Gasteiger partial charge in [0.2, 0.25) is 5.91 Å². The second-order valence-electron chi connectivity index (χ2n) is 5.11. The van der Waals surface area contributed by atoms with E-state index in [9.17, 15) is 13.2 Å². The van der Waals surface area contributed by atoms with Gasteiger partial charge in [-0.1, -0.05) is 0 Å². The van der Waals surface area contributed by atoms with Gasteiger partial charge < -0.3 is 9.47 Å². The van der Waals surface area contributed by atoms with Gasteiger partial charge in [0.25, 0.3) is 10.0 Å². The summed E-state index contributed by atoms with van der Waals surface area (Å²) < 4.78 is 37.0. The molecule has 1 aromatic carbocycles. The number of carbonyl (C=O) groups is 1. The molecule has 7 heteroatoms. The minimum absolute atomic E-state index is 0.0430. The van der Waals surface area contributed by atoms with Gasteiger partial charge in [-0.15, -0.1) is 0 Å². The Hall–Kier alpha value is -1.60. The number of carbonyl (C=O) groups excluding carboxylic acids is 1. The van der Waals surface area contributed by atoms with Gasteiger partial charge in [-0.3, -0.25) is 4.79 Å². The Balaban J connectivity index is 1.90. The van der Waals surface area contributed by atoms with Crippen LogP contribution in [0, 0.1) is 0 Å². The zero-order chi connectivity index (χ0) is 16.0. The standard InChI is InChI=1S/C15H21NO5S/c1-2-20-13-5-8-14(9-6-13)22(18,19)16-15(17)10-7-12-4-3-11-21-12/h5-6,8-9,12H,2-4,7,10-11H2,1H3,(H,16,17)/t12-/m1/s1. The third kappa shape index (κ3) is 4.71. The van der Waals surface area contributed by atoms with E-state index in [1.165, 1.54) is 12.1 Å². The van der Waals surface area contributed by atoms with Gasteiger partial charge in [-0.2, -0.15) is 0 Å². The van der Waals surface area contributed by atoms with Gasteiger partial charge in [0.15, 0.2) is 0 Å². The molecule has 22 heavy (non-hydrogen) atoms. The Morgan fingerprint density at radius 2 is 2.09 bits per heavy atom. The topological polar surface area (TPSA) is 81.7 Å². The molecule has 1 aliphatic heterocycles. The summed E-state index contributed by atoms with van der Waals surface area (Å²) >= 11 is 0. The van der Waals surface area contributed by atoms with Gasteiger partial charge in [-0.05, 0) is 50.5 Å². The first-order chi connectivity index (χ1) is 10.5. The van der Waals surface area contributed by atoms with Crippen molar-refractivity contribution in [2.45, 2.75) is 43.6 Å². The molecule has 6 nitrogen and oxygen atoms in total. The van der Waals surface area contributed by atoms with Gasteiger partial charge in [0.1, 0.15) is 5.75 Å². The first kappa shape index (κ1) is 16.8. The number of amides is 1. The Morgan fingerprint density at radius 1 is 1.36 bits per heavy atom. The molecule has 1 fully saturated rings. The third-order valence-corrected chi connectivity index (χ3v) is 4.80. The van der Waals surface area contributed by atoms with Gasteiger partial charge >= 0.3 is 0 Å². The van der Waals surface area contributed by atoms with Crippen molar-refractivity contribution in [2.75, 3.05) is 13.2 Å². The maximum atomic E-state index is 12.1. The number of sulfonamides is 1. The summed E-state index contributed by atoms with van der Waals surface area (Å²) in [6, 6.07) is 5.96.